The molecule has 0 saturated heterocycles. The molecular formula is C15H18N2O4. The van der Waals surface area contributed by atoms with Crippen LogP contribution in [0.2, 0.25) is 0 Å². The molecule has 1 atom stereocenters. The quantitative estimate of drug-likeness (QED) is 0.803. The number of esters is 1. The van der Waals surface area contributed by atoms with Crippen molar-refractivity contribution in [3.8, 4) is 0 Å². The first-order valence-corrected chi connectivity index (χ1v) is 6.86. The zero-order valence-electron chi connectivity index (χ0n) is 11.8. The van der Waals surface area contributed by atoms with Gasteiger partial charge in [0.25, 0.3) is 5.91 Å². The molecule has 1 aliphatic carbocycles. The van der Waals surface area contributed by atoms with Gasteiger partial charge in [-0.3, -0.25) is 14.9 Å². The Hall–Kier alpha value is -2.37. The average Bonchev–Trinajstić information content (AvgIpc) is 2.84. The molecule has 3 N–H and O–H groups in total. The van der Waals surface area contributed by atoms with Crippen molar-refractivity contribution in [3.63, 3.8) is 0 Å². The van der Waals surface area contributed by atoms with Crippen LogP contribution in [0.5, 0.6) is 0 Å². The Morgan fingerprint density at radius 3 is 2.71 bits per heavy atom. The Bertz CT molecular complexity index is 583. The third-order valence-corrected chi connectivity index (χ3v) is 3.44. The van der Waals surface area contributed by atoms with Gasteiger partial charge in [0.15, 0.2) is 6.10 Å². The predicted octanol–water partition coefficient (Wildman–Crippen LogP) is 0.844. The van der Waals surface area contributed by atoms with E-state index in [1.54, 1.807) is 0 Å². The van der Waals surface area contributed by atoms with E-state index >= 15 is 0 Å². The van der Waals surface area contributed by atoms with Crippen molar-refractivity contribution >= 4 is 17.9 Å². The SMILES string of the molecule is C[C@@H](OC(=O)Cc1ccc2c(c1)CCC2)C(=O)NC(N)=O. The number of fused-ring (bicyclic) bond motifs is 1. The van der Waals surface area contributed by atoms with Crippen LogP contribution in [0.15, 0.2) is 18.2 Å². The number of primary amides is 1. The summed E-state index contributed by atoms with van der Waals surface area (Å²) in [5.41, 5.74) is 8.30. The maximum absolute atomic E-state index is 11.8. The summed E-state index contributed by atoms with van der Waals surface area (Å²) in [6.45, 7) is 1.39. The van der Waals surface area contributed by atoms with Crippen molar-refractivity contribution in [1.29, 1.82) is 0 Å². The van der Waals surface area contributed by atoms with Gasteiger partial charge in [0.1, 0.15) is 0 Å². The Kier molecular flexibility index (Phi) is 4.57. The number of ether oxygens (including phenoxy) is 1. The molecule has 0 aliphatic heterocycles. The second-order valence-corrected chi connectivity index (χ2v) is 5.12. The number of carbonyl (C=O) groups is 3. The van der Waals surface area contributed by atoms with Gasteiger partial charge >= 0.3 is 12.0 Å². The van der Waals surface area contributed by atoms with Crippen LogP contribution in [-0.4, -0.2) is 24.0 Å². The highest BCUT2D eigenvalue weighted by Gasteiger charge is 2.19. The molecule has 21 heavy (non-hydrogen) atoms. The molecule has 6 heteroatoms. The van der Waals surface area contributed by atoms with Gasteiger partial charge in [0.05, 0.1) is 6.42 Å². The summed E-state index contributed by atoms with van der Waals surface area (Å²) in [4.78, 5) is 33.7. The van der Waals surface area contributed by atoms with E-state index in [0.29, 0.717) is 0 Å². The fourth-order valence-corrected chi connectivity index (χ4v) is 2.42. The van der Waals surface area contributed by atoms with E-state index in [-0.39, 0.29) is 6.42 Å². The van der Waals surface area contributed by atoms with Gasteiger partial charge in [0.2, 0.25) is 0 Å². The fourth-order valence-electron chi connectivity index (χ4n) is 2.42. The molecule has 1 aromatic rings. The number of amides is 3. The van der Waals surface area contributed by atoms with Crippen LogP contribution >= 0.6 is 0 Å². The van der Waals surface area contributed by atoms with E-state index in [2.05, 4.69) is 0 Å². The number of aryl methyl sites for hydroxylation is 2. The molecule has 1 aromatic carbocycles. The molecule has 6 nitrogen and oxygen atoms in total. The molecule has 0 spiro atoms. The number of hydrogen-bond acceptors (Lipinski definition) is 4. The molecule has 1 aliphatic rings. The topological polar surface area (TPSA) is 98.5 Å². The minimum Gasteiger partial charge on any atom is -0.452 e. The summed E-state index contributed by atoms with van der Waals surface area (Å²) in [6, 6.07) is 4.98. The second-order valence-electron chi connectivity index (χ2n) is 5.12. The largest absolute Gasteiger partial charge is 0.452 e. The first-order valence-electron chi connectivity index (χ1n) is 6.86. The van der Waals surface area contributed by atoms with Crippen LogP contribution in [-0.2, 0) is 33.6 Å². The minimum atomic E-state index is -1.06. The molecule has 0 saturated carbocycles. The molecule has 0 radical (unpaired) electrons. The van der Waals surface area contributed by atoms with Crippen molar-refractivity contribution in [2.45, 2.75) is 38.7 Å². The lowest BCUT2D eigenvalue weighted by atomic mass is 10.0. The maximum atomic E-state index is 11.8. The number of nitrogens with two attached hydrogens (primary N) is 1. The number of urea groups is 1. The highest BCUT2D eigenvalue weighted by atomic mass is 16.5. The Morgan fingerprint density at radius 2 is 2.00 bits per heavy atom. The third kappa shape index (κ3) is 4.05. The van der Waals surface area contributed by atoms with Crippen molar-refractivity contribution in [3.05, 3.63) is 34.9 Å². The van der Waals surface area contributed by atoms with Crippen molar-refractivity contribution in [2.75, 3.05) is 0 Å². The molecule has 2 rings (SSSR count). The fraction of sp³-hybridized carbons (Fsp3) is 0.400. The maximum Gasteiger partial charge on any atom is 0.318 e. The summed E-state index contributed by atoms with van der Waals surface area (Å²) in [6.07, 6.45) is 2.31. The third-order valence-electron chi connectivity index (χ3n) is 3.44. The van der Waals surface area contributed by atoms with Crippen molar-refractivity contribution in [1.82, 2.24) is 5.32 Å². The monoisotopic (exact) mass is 290 g/mol. The van der Waals surface area contributed by atoms with Gasteiger partial charge in [-0.15, -0.1) is 0 Å². The molecular weight excluding hydrogens is 272 g/mol. The smallest absolute Gasteiger partial charge is 0.318 e. The number of benzene rings is 1. The van der Waals surface area contributed by atoms with E-state index in [1.807, 2.05) is 23.5 Å². The van der Waals surface area contributed by atoms with Gasteiger partial charge in [-0.05, 0) is 42.9 Å². The number of carbonyl (C=O) groups excluding carboxylic acids is 3. The minimum absolute atomic E-state index is 0.0987. The lowest BCUT2D eigenvalue weighted by molar-refractivity contribution is -0.153. The van der Waals surface area contributed by atoms with E-state index in [1.165, 1.54) is 18.1 Å². The molecule has 0 heterocycles. The molecule has 0 unspecified atom stereocenters. The zero-order valence-corrected chi connectivity index (χ0v) is 11.8. The van der Waals surface area contributed by atoms with Gasteiger partial charge < -0.3 is 10.5 Å². The molecule has 0 aromatic heterocycles. The van der Waals surface area contributed by atoms with Gasteiger partial charge in [0, 0.05) is 0 Å². The van der Waals surface area contributed by atoms with Crippen LogP contribution < -0.4 is 11.1 Å². The average molecular weight is 290 g/mol. The summed E-state index contributed by atoms with van der Waals surface area (Å²) >= 11 is 0. The highest BCUT2D eigenvalue weighted by Crippen LogP contribution is 2.23. The predicted molar refractivity (Wildman–Crippen MR) is 75.5 cm³/mol. The Labute approximate surface area is 122 Å². The molecule has 112 valence electrons. The van der Waals surface area contributed by atoms with Crippen LogP contribution in [0.4, 0.5) is 4.79 Å². The van der Waals surface area contributed by atoms with Crippen LogP contribution in [0.3, 0.4) is 0 Å². The van der Waals surface area contributed by atoms with Crippen molar-refractivity contribution in [2.24, 2.45) is 5.73 Å². The van der Waals surface area contributed by atoms with Gasteiger partial charge in [-0.25, -0.2) is 4.79 Å². The standard InChI is InChI=1S/C15H18N2O4/c1-9(14(19)17-15(16)20)21-13(18)8-10-5-6-11-3-2-4-12(11)7-10/h5-7,9H,2-4,8H2,1H3,(H3,16,17,19,20)/t9-/m1/s1. The number of hydrogen-bond donors (Lipinski definition) is 2. The zero-order chi connectivity index (χ0) is 15.4. The lowest BCUT2D eigenvalue weighted by Gasteiger charge is -2.12. The lowest BCUT2D eigenvalue weighted by Crippen LogP contribution is -2.42. The first kappa shape index (κ1) is 15.0. The summed E-state index contributed by atoms with van der Waals surface area (Å²) < 4.78 is 4.98. The van der Waals surface area contributed by atoms with E-state index in [9.17, 15) is 14.4 Å². The molecule has 0 fully saturated rings. The molecule has 3 amide bonds. The Balaban J connectivity index is 1.89. The summed E-state index contributed by atoms with van der Waals surface area (Å²) in [5, 5.41) is 1.87. The first-order chi connectivity index (χ1) is 9.95. The van der Waals surface area contributed by atoms with Gasteiger partial charge in [-0.1, -0.05) is 18.2 Å². The summed E-state index contributed by atoms with van der Waals surface area (Å²) in [7, 11) is 0. The number of imide groups is 1. The van der Waals surface area contributed by atoms with Gasteiger partial charge in [-0.2, -0.15) is 0 Å². The number of nitrogens with one attached hydrogen (secondary N) is 1. The van der Waals surface area contributed by atoms with E-state index in [4.69, 9.17) is 10.5 Å². The van der Waals surface area contributed by atoms with Crippen LogP contribution in [0, 0.1) is 0 Å². The van der Waals surface area contributed by atoms with Crippen molar-refractivity contribution < 1.29 is 19.1 Å². The highest BCUT2D eigenvalue weighted by molar-refractivity contribution is 5.96. The second kappa shape index (κ2) is 6.39. The number of rotatable bonds is 4. The van der Waals surface area contributed by atoms with E-state index < -0.39 is 24.0 Å². The Morgan fingerprint density at radius 1 is 1.29 bits per heavy atom. The molecule has 0 bridgehead atoms. The van der Waals surface area contributed by atoms with Crippen LogP contribution in [0.25, 0.3) is 0 Å². The van der Waals surface area contributed by atoms with E-state index in [0.717, 1.165) is 24.8 Å². The normalized spacial score (nSPS) is 14.1. The van der Waals surface area contributed by atoms with Crippen LogP contribution in [0.1, 0.15) is 30.0 Å². The summed E-state index contributed by atoms with van der Waals surface area (Å²) in [5.74, 6) is -1.25.